The summed E-state index contributed by atoms with van der Waals surface area (Å²) in [6.07, 6.45) is -0.849. The molecule has 1 heterocycles. The highest BCUT2D eigenvalue weighted by Crippen LogP contribution is 2.68. The van der Waals surface area contributed by atoms with Gasteiger partial charge in [-0.3, -0.25) is 0 Å². The summed E-state index contributed by atoms with van der Waals surface area (Å²) in [5.74, 6) is 1.97. The average Bonchev–Trinajstić information content (AvgIpc) is 3.28. The molecule has 4 atom stereocenters. The van der Waals surface area contributed by atoms with Crippen LogP contribution in [0.5, 0.6) is 28.7 Å². The Morgan fingerprint density at radius 1 is 0.824 bits per heavy atom. The minimum absolute atomic E-state index is 0.281. The summed E-state index contributed by atoms with van der Waals surface area (Å²) in [5, 5.41) is 23.9. The molecule has 3 aromatic carbocycles. The Morgan fingerprint density at radius 3 is 2.18 bits per heavy atom. The third-order valence-electron chi connectivity index (χ3n) is 7.16. The lowest BCUT2D eigenvalue weighted by Gasteiger charge is -2.41. The van der Waals surface area contributed by atoms with Gasteiger partial charge in [0.1, 0.15) is 17.2 Å². The summed E-state index contributed by atoms with van der Waals surface area (Å²) in [6, 6.07) is 18.6. The number of ether oxygens (including phenoxy) is 5. The van der Waals surface area contributed by atoms with Crippen LogP contribution in [0, 0.1) is 0 Å². The molecule has 178 valence electrons. The van der Waals surface area contributed by atoms with Crippen molar-refractivity contribution in [3.63, 3.8) is 0 Å². The second kappa shape index (κ2) is 8.11. The molecule has 0 bridgehead atoms. The number of hydrogen-bond donors (Lipinski definition) is 2. The van der Waals surface area contributed by atoms with E-state index in [2.05, 4.69) is 0 Å². The zero-order valence-electron chi connectivity index (χ0n) is 19.6. The smallest absolute Gasteiger partial charge is 0.176 e. The third-order valence-corrected chi connectivity index (χ3v) is 7.16. The molecular weight excluding hydrogens is 436 g/mol. The molecule has 0 radical (unpaired) electrons. The molecule has 0 amide bonds. The maximum Gasteiger partial charge on any atom is 0.176 e. The van der Waals surface area contributed by atoms with Gasteiger partial charge >= 0.3 is 0 Å². The predicted molar refractivity (Wildman–Crippen MR) is 125 cm³/mol. The van der Waals surface area contributed by atoms with E-state index in [-0.39, 0.29) is 12.3 Å². The zero-order valence-corrected chi connectivity index (χ0v) is 19.6. The lowest BCUT2D eigenvalue weighted by molar-refractivity contribution is -0.150. The van der Waals surface area contributed by atoms with Crippen molar-refractivity contribution < 1.29 is 33.9 Å². The monoisotopic (exact) mass is 464 g/mol. The summed E-state index contributed by atoms with van der Waals surface area (Å²) >= 11 is 0. The number of fused-ring (bicyclic) bond motifs is 3. The number of aliphatic hydroxyl groups is 2. The van der Waals surface area contributed by atoms with Crippen molar-refractivity contribution in [2.24, 2.45) is 0 Å². The summed E-state index contributed by atoms with van der Waals surface area (Å²) in [4.78, 5) is 0. The van der Waals surface area contributed by atoms with Crippen molar-refractivity contribution in [3.8, 4) is 28.7 Å². The highest BCUT2D eigenvalue weighted by Gasteiger charge is 2.73. The lowest BCUT2D eigenvalue weighted by Crippen LogP contribution is -2.52. The molecule has 2 N–H and O–H groups in total. The molecule has 0 saturated heterocycles. The van der Waals surface area contributed by atoms with Gasteiger partial charge in [-0.1, -0.05) is 36.4 Å². The van der Waals surface area contributed by atoms with E-state index in [0.29, 0.717) is 39.9 Å². The van der Waals surface area contributed by atoms with E-state index < -0.39 is 17.3 Å². The highest BCUT2D eigenvalue weighted by molar-refractivity contribution is 5.63. The molecule has 0 aromatic heterocycles. The molecule has 1 fully saturated rings. The first-order valence-corrected chi connectivity index (χ1v) is 11.1. The maximum absolute atomic E-state index is 12.5. The van der Waals surface area contributed by atoms with Crippen molar-refractivity contribution >= 4 is 0 Å². The Hall–Kier alpha value is -3.42. The van der Waals surface area contributed by atoms with Gasteiger partial charge in [-0.15, -0.1) is 0 Å². The number of hydrogen-bond acceptors (Lipinski definition) is 7. The molecule has 34 heavy (non-hydrogen) atoms. The Kier molecular flexibility index (Phi) is 5.34. The molecule has 1 saturated carbocycles. The van der Waals surface area contributed by atoms with Gasteiger partial charge in [0.15, 0.2) is 22.7 Å². The van der Waals surface area contributed by atoms with Gasteiger partial charge in [0.2, 0.25) is 0 Å². The number of benzene rings is 3. The molecule has 1 aliphatic heterocycles. The van der Waals surface area contributed by atoms with Crippen LogP contribution < -0.4 is 23.7 Å². The van der Waals surface area contributed by atoms with Crippen LogP contribution in [0.3, 0.4) is 0 Å². The van der Waals surface area contributed by atoms with Gasteiger partial charge in [0.05, 0.1) is 40.1 Å². The van der Waals surface area contributed by atoms with Crippen LogP contribution in [0.1, 0.15) is 29.0 Å². The molecule has 0 spiro atoms. The van der Waals surface area contributed by atoms with E-state index in [4.69, 9.17) is 23.7 Å². The van der Waals surface area contributed by atoms with Crippen molar-refractivity contribution in [2.45, 2.75) is 29.6 Å². The molecule has 4 unspecified atom stereocenters. The molecule has 7 heteroatoms. The van der Waals surface area contributed by atoms with Gasteiger partial charge in [0.25, 0.3) is 0 Å². The fourth-order valence-electron chi connectivity index (χ4n) is 5.65. The van der Waals surface area contributed by atoms with E-state index >= 15 is 0 Å². The van der Waals surface area contributed by atoms with Gasteiger partial charge in [-0.25, -0.2) is 0 Å². The van der Waals surface area contributed by atoms with Crippen LogP contribution in [0.4, 0.5) is 0 Å². The molecule has 5 rings (SSSR count). The fourth-order valence-corrected chi connectivity index (χ4v) is 5.65. The first-order valence-electron chi connectivity index (χ1n) is 11.1. The topological polar surface area (TPSA) is 86.6 Å². The lowest BCUT2D eigenvalue weighted by atomic mass is 9.71. The summed E-state index contributed by atoms with van der Waals surface area (Å²) in [5.41, 5.74) is -1.19. The van der Waals surface area contributed by atoms with Crippen LogP contribution in [-0.4, -0.2) is 44.8 Å². The first-order chi connectivity index (χ1) is 16.4. The van der Waals surface area contributed by atoms with Crippen LogP contribution in [0.15, 0.2) is 60.7 Å². The predicted octanol–water partition coefficient (Wildman–Crippen LogP) is 3.74. The number of rotatable bonds is 6. The molecular formula is C27H28O7. The number of aliphatic hydroxyl groups excluding tert-OH is 1. The van der Waals surface area contributed by atoms with Gasteiger partial charge < -0.3 is 33.9 Å². The Bertz CT molecular complexity index is 1210. The van der Waals surface area contributed by atoms with Crippen LogP contribution in [0.25, 0.3) is 0 Å². The Balaban J connectivity index is 1.83. The second-order valence-corrected chi connectivity index (χ2v) is 8.59. The van der Waals surface area contributed by atoms with E-state index in [1.165, 1.54) is 7.11 Å². The molecule has 3 aromatic rings. The maximum atomic E-state index is 12.5. The van der Waals surface area contributed by atoms with Gasteiger partial charge in [-0.05, 0) is 24.1 Å². The standard InChI is InChI=1S/C27H28O7/c1-30-18-13-22(33-4)25-23(14-18)34-27(17-10-11-20(31-2)21(12-17)32-3)19(15-24(28)26(25,27)29)16-8-6-5-7-9-16/h5-14,19,24,28-29H,15H2,1-4H3. The van der Waals surface area contributed by atoms with Crippen molar-refractivity contribution in [1.82, 2.24) is 0 Å². The van der Waals surface area contributed by atoms with E-state index in [0.717, 1.165) is 5.56 Å². The zero-order chi connectivity index (χ0) is 24.1. The van der Waals surface area contributed by atoms with Crippen molar-refractivity contribution in [3.05, 3.63) is 77.4 Å². The fraction of sp³-hybridized carbons (Fsp3) is 0.333. The summed E-state index contributed by atoms with van der Waals surface area (Å²) in [7, 11) is 6.20. The Morgan fingerprint density at radius 2 is 1.53 bits per heavy atom. The van der Waals surface area contributed by atoms with Gasteiger partial charge in [-0.2, -0.15) is 0 Å². The average molecular weight is 465 g/mol. The SMILES string of the molecule is COc1cc(OC)c2c(c1)OC1(c3ccc(OC)c(OC)c3)C(c3ccccc3)CC(O)C21O. The first kappa shape index (κ1) is 22.4. The van der Waals surface area contributed by atoms with Crippen LogP contribution >= 0.6 is 0 Å². The molecule has 1 aliphatic carbocycles. The third kappa shape index (κ3) is 2.83. The van der Waals surface area contributed by atoms with Crippen molar-refractivity contribution in [1.29, 1.82) is 0 Å². The minimum Gasteiger partial charge on any atom is -0.496 e. The van der Waals surface area contributed by atoms with Gasteiger partial charge in [0, 0.05) is 23.6 Å². The van der Waals surface area contributed by atoms with E-state index in [9.17, 15) is 10.2 Å². The highest BCUT2D eigenvalue weighted by atomic mass is 16.5. The van der Waals surface area contributed by atoms with Crippen LogP contribution in [0.2, 0.25) is 0 Å². The number of methoxy groups -OCH3 is 4. The van der Waals surface area contributed by atoms with E-state index in [1.54, 1.807) is 45.6 Å². The molecule has 7 nitrogen and oxygen atoms in total. The summed E-state index contributed by atoms with van der Waals surface area (Å²) in [6.45, 7) is 0. The minimum atomic E-state index is -1.81. The largest absolute Gasteiger partial charge is 0.496 e. The summed E-state index contributed by atoms with van der Waals surface area (Å²) < 4.78 is 28.8. The Labute approximate surface area is 198 Å². The normalized spacial score (nSPS) is 26.9. The second-order valence-electron chi connectivity index (χ2n) is 8.59. The van der Waals surface area contributed by atoms with Crippen LogP contribution in [-0.2, 0) is 11.2 Å². The van der Waals surface area contributed by atoms with E-state index in [1.807, 2.05) is 36.4 Å². The molecule has 2 aliphatic rings. The van der Waals surface area contributed by atoms with Crippen molar-refractivity contribution in [2.75, 3.05) is 28.4 Å². The quantitative estimate of drug-likeness (QED) is 0.575.